The maximum atomic E-state index is 10.3. The molecule has 1 aliphatic carbocycles. The topological polar surface area (TPSA) is 38.7 Å². The standard InChI is InChI=1S/C15H19ClO3/c16-12-9-15-14(18-5-2-6-19-15)8-11(12)13(17)7-10-3-1-4-10/h8-10,13,17H,1-7H2. The largest absolute Gasteiger partial charge is 0.490 e. The number of benzene rings is 1. The van der Waals surface area contributed by atoms with Crippen molar-refractivity contribution in [1.29, 1.82) is 0 Å². The number of rotatable bonds is 3. The first-order chi connectivity index (χ1) is 9.24. The maximum absolute atomic E-state index is 10.3. The molecule has 3 rings (SSSR count). The summed E-state index contributed by atoms with van der Waals surface area (Å²) in [5.41, 5.74) is 0.762. The second kappa shape index (κ2) is 5.59. The van der Waals surface area contributed by atoms with Gasteiger partial charge in [0.05, 0.1) is 24.3 Å². The summed E-state index contributed by atoms with van der Waals surface area (Å²) in [5.74, 6) is 2.02. The third kappa shape index (κ3) is 2.82. The molecule has 4 heteroatoms. The van der Waals surface area contributed by atoms with Crippen LogP contribution in [-0.2, 0) is 0 Å². The molecule has 1 heterocycles. The average molecular weight is 283 g/mol. The van der Waals surface area contributed by atoms with Gasteiger partial charge in [0.1, 0.15) is 0 Å². The highest BCUT2D eigenvalue weighted by Gasteiger charge is 2.24. The number of fused-ring (bicyclic) bond motifs is 1. The van der Waals surface area contributed by atoms with Crippen molar-refractivity contribution in [3.8, 4) is 11.5 Å². The van der Waals surface area contributed by atoms with Crippen LogP contribution in [0, 0.1) is 5.92 Å². The lowest BCUT2D eigenvalue weighted by Crippen LogP contribution is -2.15. The highest BCUT2D eigenvalue weighted by Crippen LogP contribution is 2.41. The van der Waals surface area contributed by atoms with Gasteiger partial charge in [0.25, 0.3) is 0 Å². The highest BCUT2D eigenvalue weighted by atomic mass is 35.5. The van der Waals surface area contributed by atoms with Crippen LogP contribution in [0.5, 0.6) is 11.5 Å². The van der Waals surface area contributed by atoms with Gasteiger partial charge in [0.15, 0.2) is 11.5 Å². The Hall–Kier alpha value is -0.930. The van der Waals surface area contributed by atoms with E-state index >= 15 is 0 Å². The first-order valence-corrected chi connectivity index (χ1v) is 7.39. The van der Waals surface area contributed by atoms with Crippen LogP contribution in [0.25, 0.3) is 0 Å². The monoisotopic (exact) mass is 282 g/mol. The first kappa shape index (κ1) is 13.1. The zero-order chi connectivity index (χ0) is 13.2. The number of halogens is 1. The molecule has 0 spiro atoms. The fourth-order valence-corrected chi connectivity index (χ4v) is 2.91. The van der Waals surface area contributed by atoms with Crippen LogP contribution in [0.2, 0.25) is 5.02 Å². The number of ether oxygens (including phenoxy) is 2. The molecule has 0 amide bonds. The van der Waals surface area contributed by atoms with Crippen LogP contribution < -0.4 is 9.47 Å². The Morgan fingerprint density at radius 2 is 1.84 bits per heavy atom. The number of hydrogen-bond donors (Lipinski definition) is 1. The smallest absolute Gasteiger partial charge is 0.162 e. The van der Waals surface area contributed by atoms with E-state index in [1.165, 1.54) is 19.3 Å². The predicted octanol–water partition coefficient (Wildman–Crippen LogP) is 3.72. The van der Waals surface area contributed by atoms with E-state index in [0.29, 0.717) is 35.7 Å². The zero-order valence-corrected chi connectivity index (χ0v) is 11.7. The molecule has 3 nitrogen and oxygen atoms in total. The van der Waals surface area contributed by atoms with Crippen molar-refractivity contribution >= 4 is 11.6 Å². The van der Waals surface area contributed by atoms with E-state index in [-0.39, 0.29) is 0 Å². The van der Waals surface area contributed by atoms with Crippen molar-refractivity contribution < 1.29 is 14.6 Å². The van der Waals surface area contributed by atoms with E-state index in [9.17, 15) is 5.11 Å². The molecule has 1 saturated carbocycles. The van der Waals surface area contributed by atoms with Gasteiger partial charge in [-0.3, -0.25) is 0 Å². The van der Waals surface area contributed by atoms with Crippen molar-refractivity contribution in [1.82, 2.24) is 0 Å². The van der Waals surface area contributed by atoms with Gasteiger partial charge in [0, 0.05) is 18.1 Å². The van der Waals surface area contributed by atoms with Gasteiger partial charge in [-0.1, -0.05) is 30.9 Å². The van der Waals surface area contributed by atoms with Crippen molar-refractivity contribution in [2.75, 3.05) is 13.2 Å². The lowest BCUT2D eigenvalue weighted by Gasteiger charge is -2.28. The summed E-state index contributed by atoms with van der Waals surface area (Å²) in [6, 6.07) is 3.61. The lowest BCUT2D eigenvalue weighted by molar-refractivity contribution is 0.118. The predicted molar refractivity (Wildman–Crippen MR) is 74.0 cm³/mol. The van der Waals surface area contributed by atoms with E-state index in [1.54, 1.807) is 6.07 Å². The molecule has 1 aliphatic heterocycles. The summed E-state index contributed by atoms with van der Waals surface area (Å²) in [6.07, 6.45) is 4.88. The Balaban J connectivity index is 1.81. The van der Waals surface area contributed by atoms with Gasteiger partial charge in [-0.15, -0.1) is 0 Å². The van der Waals surface area contributed by atoms with Crippen molar-refractivity contribution in [2.45, 2.75) is 38.2 Å². The lowest BCUT2D eigenvalue weighted by atomic mass is 9.80. The van der Waals surface area contributed by atoms with Gasteiger partial charge in [-0.05, 0) is 18.4 Å². The third-order valence-electron chi connectivity index (χ3n) is 4.01. The molecule has 2 aliphatic rings. The molecular weight excluding hydrogens is 264 g/mol. The quantitative estimate of drug-likeness (QED) is 0.918. The molecule has 1 aromatic rings. The zero-order valence-electron chi connectivity index (χ0n) is 10.9. The van der Waals surface area contributed by atoms with E-state index in [4.69, 9.17) is 21.1 Å². The summed E-state index contributed by atoms with van der Waals surface area (Å²) in [5, 5.41) is 10.9. The van der Waals surface area contributed by atoms with E-state index in [2.05, 4.69) is 0 Å². The summed E-state index contributed by atoms with van der Waals surface area (Å²) < 4.78 is 11.2. The van der Waals surface area contributed by atoms with Crippen LogP contribution in [0.1, 0.15) is 43.8 Å². The highest BCUT2D eigenvalue weighted by molar-refractivity contribution is 6.31. The second-order valence-corrected chi connectivity index (χ2v) is 5.83. The minimum atomic E-state index is -0.505. The van der Waals surface area contributed by atoms with Crippen molar-refractivity contribution in [3.05, 3.63) is 22.7 Å². The Bertz CT molecular complexity index is 457. The molecule has 1 fully saturated rings. The SMILES string of the molecule is OC(CC1CCC1)c1cc2c(cc1Cl)OCCCO2. The fourth-order valence-electron chi connectivity index (χ4n) is 2.63. The van der Waals surface area contributed by atoms with Crippen molar-refractivity contribution in [3.63, 3.8) is 0 Å². The summed E-state index contributed by atoms with van der Waals surface area (Å²) in [6.45, 7) is 1.29. The number of aliphatic hydroxyl groups excluding tert-OH is 1. The molecule has 104 valence electrons. The van der Waals surface area contributed by atoms with Crippen LogP contribution >= 0.6 is 11.6 Å². The first-order valence-electron chi connectivity index (χ1n) is 7.01. The summed E-state index contributed by atoms with van der Waals surface area (Å²) >= 11 is 6.26. The minimum absolute atomic E-state index is 0.505. The molecule has 19 heavy (non-hydrogen) atoms. The van der Waals surface area contributed by atoms with E-state index in [1.807, 2.05) is 6.07 Å². The van der Waals surface area contributed by atoms with Gasteiger partial charge in [-0.25, -0.2) is 0 Å². The molecule has 0 bridgehead atoms. The Morgan fingerprint density at radius 1 is 1.16 bits per heavy atom. The normalized spacial score (nSPS) is 20.5. The maximum Gasteiger partial charge on any atom is 0.162 e. The summed E-state index contributed by atoms with van der Waals surface area (Å²) in [4.78, 5) is 0. The summed E-state index contributed by atoms with van der Waals surface area (Å²) in [7, 11) is 0. The van der Waals surface area contributed by atoms with Gasteiger partial charge in [0.2, 0.25) is 0 Å². The Morgan fingerprint density at radius 3 is 2.47 bits per heavy atom. The molecular formula is C15H19ClO3. The third-order valence-corrected chi connectivity index (χ3v) is 4.33. The minimum Gasteiger partial charge on any atom is -0.490 e. The molecule has 0 radical (unpaired) electrons. The molecule has 0 saturated heterocycles. The number of hydrogen-bond acceptors (Lipinski definition) is 3. The Labute approximate surface area is 118 Å². The molecule has 1 unspecified atom stereocenters. The van der Waals surface area contributed by atoms with Crippen LogP contribution in [0.15, 0.2) is 12.1 Å². The van der Waals surface area contributed by atoms with Crippen LogP contribution in [0.4, 0.5) is 0 Å². The fraction of sp³-hybridized carbons (Fsp3) is 0.600. The molecule has 1 aromatic carbocycles. The van der Waals surface area contributed by atoms with E-state index in [0.717, 1.165) is 18.4 Å². The molecule has 1 atom stereocenters. The van der Waals surface area contributed by atoms with Gasteiger partial charge < -0.3 is 14.6 Å². The van der Waals surface area contributed by atoms with Crippen LogP contribution in [-0.4, -0.2) is 18.3 Å². The van der Waals surface area contributed by atoms with Crippen LogP contribution in [0.3, 0.4) is 0 Å². The molecule has 1 N–H and O–H groups in total. The van der Waals surface area contributed by atoms with E-state index < -0.39 is 6.10 Å². The Kier molecular flexibility index (Phi) is 3.85. The van der Waals surface area contributed by atoms with Crippen molar-refractivity contribution in [2.24, 2.45) is 5.92 Å². The molecule has 0 aromatic heterocycles. The van der Waals surface area contributed by atoms with Gasteiger partial charge in [-0.2, -0.15) is 0 Å². The van der Waals surface area contributed by atoms with Gasteiger partial charge >= 0.3 is 0 Å². The second-order valence-electron chi connectivity index (χ2n) is 5.42. The number of aliphatic hydroxyl groups is 1. The average Bonchev–Trinajstić information content (AvgIpc) is 2.57.